The number of aliphatic hydroxyl groups is 1. The lowest BCUT2D eigenvalue weighted by Crippen LogP contribution is -1.89. The lowest BCUT2D eigenvalue weighted by Gasteiger charge is -2.08. The van der Waals surface area contributed by atoms with Crippen molar-refractivity contribution < 1.29 is 10.2 Å². The van der Waals surface area contributed by atoms with Crippen LogP contribution >= 0.6 is 0 Å². The minimum absolute atomic E-state index is 0.00281. The molecule has 4 N–H and O–H groups in total. The monoisotopic (exact) mass is 257 g/mol. The van der Waals surface area contributed by atoms with Crippen LogP contribution in [0.15, 0.2) is 46.8 Å². The third kappa shape index (κ3) is 2.65. The Balaban J connectivity index is 2.59. The smallest absolute Gasteiger partial charge is 0.145 e. The summed E-state index contributed by atoms with van der Waals surface area (Å²) >= 11 is 0. The largest absolute Gasteiger partial charge is 0.511 e. The maximum absolute atomic E-state index is 9.91. The summed E-state index contributed by atoms with van der Waals surface area (Å²) in [4.78, 5) is 0. The summed E-state index contributed by atoms with van der Waals surface area (Å²) in [5.74, 6) is -0.125. The van der Waals surface area contributed by atoms with E-state index in [0.29, 0.717) is 11.4 Å². The van der Waals surface area contributed by atoms with Crippen LogP contribution in [0.3, 0.4) is 0 Å². The molecule has 0 aliphatic heterocycles. The van der Waals surface area contributed by atoms with Crippen molar-refractivity contribution >= 4 is 22.1 Å². The van der Waals surface area contributed by atoms with Crippen molar-refractivity contribution in [2.45, 2.75) is 6.92 Å². The average molecular weight is 257 g/mol. The normalized spacial score (nSPS) is 11.2. The Morgan fingerprint density at radius 2 is 2.05 bits per heavy atom. The Hall–Kier alpha value is -2.56. The number of azo groups is 1. The van der Waals surface area contributed by atoms with Crippen LogP contribution in [0, 0.1) is 6.92 Å². The molecule has 0 atom stereocenters. The zero-order valence-corrected chi connectivity index (χ0v) is 10.6. The predicted octanol–water partition coefficient (Wildman–Crippen LogP) is 3.59. The molecule has 2 aromatic rings. The van der Waals surface area contributed by atoms with Crippen molar-refractivity contribution in [1.29, 1.82) is 0 Å². The number of nitrogens with zero attached hydrogens (tertiary/aromatic N) is 2. The van der Waals surface area contributed by atoms with E-state index < -0.39 is 0 Å². The predicted molar refractivity (Wildman–Crippen MR) is 75.9 cm³/mol. The molecule has 0 unspecified atom stereocenters. The summed E-state index contributed by atoms with van der Waals surface area (Å²) in [6, 6.07) is 7.12. The number of nitrogens with two attached hydrogens (primary N) is 1. The molecule has 98 valence electrons. The van der Waals surface area contributed by atoms with Crippen molar-refractivity contribution in [2.24, 2.45) is 10.2 Å². The van der Waals surface area contributed by atoms with E-state index in [1.807, 2.05) is 25.1 Å². The summed E-state index contributed by atoms with van der Waals surface area (Å²) in [6.07, 6.45) is 0. The van der Waals surface area contributed by atoms with Gasteiger partial charge in [0.25, 0.3) is 0 Å². The number of hydrogen-bond acceptors (Lipinski definition) is 5. The molecular formula is C14H15N3O2. The molecule has 0 aliphatic carbocycles. The van der Waals surface area contributed by atoms with E-state index >= 15 is 0 Å². The molecule has 5 heteroatoms. The fraction of sp³-hybridized carbons (Fsp3) is 0.143. The summed E-state index contributed by atoms with van der Waals surface area (Å²) in [7, 11) is 0. The highest BCUT2D eigenvalue weighted by Gasteiger charge is 2.10. The Labute approximate surface area is 110 Å². The first kappa shape index (κ1) is 12.9. The third-order valence-corrected chi connectivity index (χ3v) is 2.70. The highest BCUT2D eigenvalue weighted by molar-refractivity contribution is 6.02. The number of aryl methyl sites for hydroxylation is 1. The number of rotatable bonds is 3. The number of benzene rings is 2. The van der Waals surface area contributed by atoms with Crippen LogP contribution in [0.4, 0.5) is 11.4 Å². The number of phenolic OH excluding ortho intramolecular Hbond substituents is 1. The molecule has 0 saturated carbocycles. The van der Waals surface area contributed by atoms with Crippen molar-refractivity contribution in [3.8, 4) is 5.75 Å². The number of aromatic hydroxyl groups is 1. The molecule has 5 nitrogen and oxygen atoms in total. The Bertz CT molecular complexity index is 678. The number of hydrogen-bond donors (Lipinski definition) is 3. The van der Waals surface area contributed by atoms with Gasteiger partial charge in [-0.15, -0.1) is 0 Å². The van der Waals surface area contributed by atoms with E-state index in [1.165, 1.54) is 6.07 Å². The Kier molecular flexibility index (Phi) is 3.37. The number of anilines is 1. The van der Waals surface area contributed by atoms with E-state index in [2.05, 4.69) is 16.8 Å². The van der Waals surface area contributed by atoms with Gasteiger partial charge in [-0.25, -0.2) is 0 Å². The summed E-state index contributed by atoms with van der Waals surface area (Å²) < 4.78 is 0. The van der Waals surface area contributed by atoms with Gasteiger partial charge in [0.1, 0.15) is 23.7 Å². The molecule has 2 aromatic carbocycles. The molecule has 0 aromatic heterocycles. The fourth-order valence-electron chi connectivity index (χ4n) is 1.83. The molecule has 0 fully saturated rings. The van der Waals surface area contributed by atoms with Gasteiger partial charge in [0.05, 0.1) is 0 Å². The van der Waals surface area contributed by atoms with Gasteiger partial charge >= 0.3 is 0 Å². The van der Waals surface area contributed by atoms with Gasteiger partial charge in [-0.3, -0.25) is 0 Å². The summed E-state index contributed by atoms with van der Waals surface area (Å²) in [6.45, 7) is 5.27. The number of fused-ring (bicyclic) bond motifs is 1. The second-order valence-electron chi connectivity index (χ2n) is 4.35. The molecule has 2 rings (SSSR count). The third-order valence-electron chi connectivity index (χ3n) is 2.70. The SMILES string of the molecule is C=C(O)CN=Nc1c(O)cc(N)c2cc(C)ccc12. The molecule has 0 bridgehead atoms. The molecule has 0 radical (unpaired) electrons. The topological polar surface area (TPSA) is 91.2 Å². The molecule has 0 spiro atoms. The van der Waals surface area contributed by atoms with Crippen molar-refractivity contribution in [3.05, 3.63) is 42.2 Å². The molecule has 0 saturated heterocycles. The van der Waals surface area contributed by atoms with Gasteiger partial charge in [0.2, 0.25) is 0 Å². The first-order chi connectivity index (χ1) is 8.99. The van der Waals surface area contributed by atoms with Gasteiger partial charge in [-0.1, -0.05) is 24.3 Å². The van der Waals surface area contributed by atoms with Crippen LogP contribution in [-0.4, -0.2) is 16.8 Å². The average Bonchev–Trinajstić information content (AvgIpc) is 2.33. The zero-order chi connectivity index (χ0) is 14.0. The molecule has 19 heavy (non-hydrogen) atoms. The molecule has 0 amide bonds. The van der Waals surface area contributed by atoms with Crippen LogP contribution in [0.5, 0.6) is 5.75 Å². The first-order valence-corrected chi connectivity index (χ1v) is 5.75. The van der Waals surface area contributed by atoms with Crippen molar-refractivity contribution in [2.75, 3.05) is 12.3 Å². The fourth-order valence-corrected chi connectivity index (χ4v) is 1.83. The molecule has 0 heterocycles. The lowest BCUT2D eigenvalue weighted by atomic mass is 10.0. The summed E-state index contributed by atoms with van der Waals surface area (Å²) in [5, 5.41) is 28.1. The molecule has 0 aliphatic rings. The van der Waals surface area contributed by atoms with E-state index in [9.17, 15) is 5.11 Å². The van der Waals surface area contributed by atoms with Crippen LogP contribution in [0.1, 0.15) is 5.56 Å². The van der Waals surface area contributed by atoms with Crippen LogP contribution in [0.2, 0.25) is 0 Å². The molecular weight excluding hydrogens is 242 g/mol. The first-order valence-electron chi connectivity index (χ1n) is 5.75. The Morgan fingerprint density at radius 3 is 2.74 bits per heavy atom. The minimum atomic E-state index is -0.0844. The van der Waals surface area contributed by atoms with E-state index in [0.717, 1.165) is 16.3 Å². The quantitative estimate of drug-likeness (QED) is 0.445. The maximum atomic E-state index is 9.91. The zero-order valence-electron chi connectivity index (χ0n) is 10.6. The second kappa shape index (κ2) is 4.97. The number of aliphatic hydroxyl groups excluding tert-OH is 1. The van der Waals surface area contributed by atoms with E-state index in [4.69, 9.17) is 10.8 Å². The second-order valence-corrected chi connectivity index (χ2v) is 4.35. The number of nitrogen functional groups attached to an aromatic ring is 1. The van der Waals surface area contributed by atoms with Crippen LogP contribution < -0.4 is 5.73 Å². The Morgan fingerprint density at radius 1 is 1.32 bits per heavy atom. The lowest BCUT2D eigenvalue weighted by molar-refractivity contribution is 0.404. The van der Waals surface area contributed by atoms with Gasteiger partial charge in [0, 0.05) is 22.5 Å². The standard InChI is InChI=1S/C14H15N3O2/c1-8-3-4-10-11(5-8)12(15)6-13(19)14(10)17-16-7-9(2)18/h3-6,18-19H,2,7,15H2,1H3. The van der Waals surface area contributed by atoms with Gasteiger partial charge in [0.15, 0.2) is 0 Å². The van der Waals surface area contributed by atoms with Crippen LogP contribution in [0.25, 0.3) is 10.8 Å². The maximum Gasteiger partial charge on any atom is 0.145 e. The van der Waals surface area contributed by atoms with Crippen LogP contribution in [-0.2, 0) is 0 Å². The van der Waals surface area contributed by atoms with Gasteiger partial charge in [-0.2, -0.15) is 10.2 Å². The van der Waals surface area contributed by atoms with E-state index in [1.54, 1.807) is 0 Å². The minimum Gasteiger partial charge on any atom is -0.511 e. The number of phenols is 1. The van der Waals surface area contributed by atoms with Gasteiger partial charge < -0.3 is 15.9 Å². The van der Waals surface area contributed by atoms with Crippen molar-refractivity contribution in [1.82, 2.24) is 0 Å². The highest BCUT2D eigenvalue weighted by atomic mass is 16.3. The van der Waals surface area contributed by atoms with Gasteiger partial charge in [-0.05, 0) is 13.0 Å². The summed E-state index contributed by atoms with van der Waals surface area (Å²) in [5.41, 5.74) is 7.78. The van der Waals surface area contributed by atoms with Crippen molar-refractivity contribution in [3.63, 3.8) is 0 Å². The highest BCUT2D eigenvalue weighted by Crippen LogP contribution is 2.39. The van der Waals surface area contributed by atoms with E-state index in [-0.39, 0.29) is 18.1 Å².